The van der Waals surface area contributed by atoms with Gasteiger partial charge < -0.3 is 0 Å². The van der Waals surface area contributed by atoms with Crippen LogP contribution in [0.25, 0.3) is 66.4 Å². The molecule has 0 bridgehead atoms. The topological polar surface area (TPSA) is 0 Å². The monoisotopic (exact) mass is 963 g/mol. The van der Waals surface area contributed by atoms with E-state index in [0.717, 1.165) is 19.3 Å². The van der Waals surface area contributed by atoms with Crippen molar-refractivity contribution in [1.29, 1.82) is 0 Å². The minimum absolute atomic E-state index is 0.0709. The number of rotatable bonds is 8. The summed E-state index contributed by atoms with van der Waals surface area (Å²) in [6.45, 7) is 22.9. The molecule has 370 valence electrons. The Labute approximate surface area is 443 Å². The average molecular weight is 963 g/mol. The van der Waals surface area contributed by atoms with Crippen LogP contribution in [-0.4, -0.2) is 0 Å². The molecule has 0 aliphatic heterocycles. The number of aryl methyl sites for hydroxylation is 4. The molecule has 3 aliphatic carbocycles. The van der Waals surface area contributed by atoms with Crippen LogP contribution in [0.15, 0.2) is 206 Å². The number of hydrogen-bond acceptors (Lipinski definition) is 0. The Morgan fingerprint density at radius 1 is 0.432 bits per heavy atom. The van der Waals surface area contributed by atoms with Crippen molar-refractivity contribution in [2.24, 2.45) is 0 Å². The van der Waals surface area contributed by atoms with Gasteiger partial charge >= 0.3 is 0 Å². The Morgan fingerprint density at radius 2 is 1.04 bits per heavy atom. The zero-order chi connectivity index (χ0) is 51.7. The van der Waals surface area contributed by atoms with E-state index in [1.807, 2.05) is 0 Å². The first kappa shape index (κ1) is 50.3. The van der Waals surface area contributed by atoms with Crippen molar-refractivity contribution in [3.63, 3.8) is 0 Å². The van der Waals surface area contributed by atoms with E-state index in [9.17, 15) is 0 Å². The lowest BCUT2D eigenvalue weighted by atomic mass is 9.77. The summed E-state index contributed by atoms with van der Waals surface area (Å²) in [5.74, 6) is 0.525. The Kier molecular flexibility index (Phi) is 14.2. The highest BCUT2D eigenvalue weighted by Gasteiger charge is 2.38. The second-order valence-corrected chi connectivity index (χ2v) is 22.4. The van der Waals surface area contributed by atoms with Crippen molar-refractivity contribution < 1.29 is 0 Å². The van der Waals surface area contributed by atoms with E-state index in [4.69, 9.17) is 0 Å². The lowest BCUT2D eigenvalue weighted by molar-refractivity contribution is 0.650. The molecule has 1 unspecified atom stereocenters. The van der Waals surface area contributed by atoms with Crippen LogP contribution in [0.1, 0.15) is 136 Å². The fourth-order valence-corrected chi connectivity index (χ4v) is 12.2. The molecule has 12 rings (SSSR count). The molecule has 0 nitrogen and oxygen atoms in total. The number of allylic oxidation sites excluding steroid dienone is 4. The van der Waals surface area contributed by atoms with Gasteiger partial charge in [0.1, 0.15) is 0 Å². The maximum Gasteiger partial charge on any atom is 0.0159 e. The molecular weight excluding hydrogens is 889 g/mol. The third-order valence-electron chi connectivity index (χ3n) is 16.7. The Bertz CT molecular complexity index is 3570. The molecule has 3 aliphatic rings. The average Bonchev–Trinajstić information content (AvgIpc) is 3.79. The number of hydrogen-bond donors (Lipinski definition) is 0. The van der Waals surface area contributed by atoms with Crippen LogP contribution in [0.4, 0.5) is 0 Å². The molecule has 0 N–H and O–H groups in total. The summed E-state index contributed by atoms with van der Waals surface area (Å²) in [7, 11) is 0. The molecule has 0 spiro atoms. The smallest absolute Gasteiger partial charge is 0.0159 e. The van der Waals surface area contributed by atoms with Crippen molar-refractivity contribution >= 4 is 21.9 Å². The summed E-state index contributed by atoms with van der Waals surface area (Å²) in [5.41, 5.74) is 29.7. The first-order valence-electron chi connectivity index (χ1n) is 27.4. The minimum Gasteiger partial charge on any atom is -0.0651 e. The maximum atomic E-state index is 2.50. The van der Waals surface area contributed by atoms with E-state index in [-0.39, 0.29) is 10.8 Å². The van der Waals surface area contributed by atoms with E-state index in [0.29, 0.717) is 5.92 Å². The van der Waals surface area contributed by atoms with E-state index in [2.05, 4.69) is 269 Å². The number of benzene rings is 9. The first-order valence-corrected chi connectivity index (χ1v) is 27.4. The van der Waals surface area contributed by atoms with Crippen LogP contribution in [0.3, 0.4) is 0 Å². The Morgan fingerprint density at radius 3 is 1.78 bits per heavy atom. The van der Waals surface area contributed by atoms with Crippen LogP contribution in [0.2, 0.25) is 0 Å². The van der Waals surface area contributed by atoms with Gasteiger partial charge in [-0.15, -0.1) is 0 Å². The van der Waals surface area contributed by atoms with Gasteiger partial charge in [-0.2, -0.15) is 0 Å². The molecule has 0 heteroatoms. The molecule has 0 aromatic heterocycles. The molecule has 0 heterocycles. The molecule has 0 saturated heterocycles. The summed E-state index contributed by atoms with van der Waals surface area (Å²) >= 11 is 0. The standard InChI is InChI=1S/C28H28.C24H26.C22H20/c1-4-7-19-10-14-24-25-15-13-23(18-27(25)28(2,3)26(24)16-19)22-12-11-20-8-5-6-9-21(20)17-22;1-5-18(3)24-22(20-15-13-17(2)14-16-20)11-8-12-23(24)21-10-7-6-9-19(21)4;1-15-9-11-18-19-12-10-17(16-7-5-4-6-8-16)14-21(19)22(2,3)20(18)13-15/h5-6,8-12,14,16-18H,4,7,13,15H2,1-3H3;6-16,18H,5H2,1-4H3;4-14H,1-3H3. The molecule has 0 radical (unpaired) electrons. The van der Waals surface area contributed by atoms with Gasteiger partial charge in [-0.3, -0.25) is 0 Å². The molecule has 9 aromatic carbocycles. The SMILES string of the molecule is CCC(C)c1c(-c2ccc(C)cc2)cccc1-c1ccccc1C.CCCc1ccc2c(c1)C(C)(C)C1=C2CCC(c2ccc3ccccc3c2)=C1.Cc1ccc2c(c1)C(C)(C)c1cc(-c3ccccc3)ccc1-2. The summed E-state index contributed by atoms with van der Waals surface area (Å²) < 4.78 is 0. The van der Waals surface area contributed by atoms with Crippen molar-refractivity contribution in [2.45, 2.75) is 118 Å². The first-order chi connectivity index (χ1) is 35.8. The van der Waals surface area contributed by atoms with E-state index >= 15 is 0 Å². The highest BCUT2D eigenvalue weighted by atomic mass is 14.4. The quantitative estimate of drug-likeness (QED) is 0.142. The predicted molar refractivity (Wildman–Crippen MR) is 321 cm³/mol. The highest BCUT2D eigenvalue weighted by molar-refractivity contribution is 5.92. The fourth-order valence-electron chi connectivity index (χ4n) is 12.2. The third kappa shape index (κ3) is 9.68. The van der Waals surface area contributed by atoms with Crippen molar-refractivity contribution in [3.8, 4) is 44.5 Å². The van der Waals surface area contributed by atoms with Crippen LogP contribution in [-0.2, 0) is 17.3 Å². The van der Waals surface area contributed by atoms with Gasteiger partial charge in [-0.05, 0) is 181 Å². The lowest BCUT2D eigenvalue weighted by Crippen LogP contribution is -2.17. The second kappa shape index (κ2) is 20.9. The maximum absolute atomic E-state index is 2.50. The molecule has 1 atom stereocenters. The van der Waals surface area contributed by atoms with Crippen LogP contribution < -0.4 is 0 Å². The Hall–Kier alpha value is -7.28. The molecule has 0 saturated carbocycles. The fraction of sp³-hybridized carbons (Fsp3) is 0.243. The van der Waals surface area contributed by atoms with Crippen LogP contribution in [0, 0.1) is 20.8 Å². The van der Waals surface area contributed by atoms with Crippen LogP contribution >= 0.6 is 0 Å². The third-order valence-corrected chi connectivity index (χ3v) is 16.7. The van der Waals surface area contributed by atoms with Crippen molar-refractivity contribution in [1.82, 2.24) is 0 Å². The van der Waals surface area contributed by atoms with E-state index < -0.39 is 0 Å². The summed E-state index contributed by atoms with van der Waals surface area (Å²) in [6, 6.07) is 71.5. The van der Waals surface area contributed by atoms with E-state index in [1.54, 1.807) is 5.57 Å². The molecule has 74 heavy (non-hydrogen) atoms. The van der Waals surface area contributed by atoms with Gasteiger partial charge in [0.15, 0.2) is 0 Å². The van der Waals surface area contributed by atoms with Crippen molar-refractivity contribution in [3.05, 3.63) is 261 Å². The Balaban J connectivity index is 0.000000128. The molecule has 9 aromatic rings. The zero-order valence-corrected chi connectivity index (χ0v) is 45.7. The molecular formula is C74H74. The van der Waals surface area contributed by atoms with Gasteiger partial charge in [0, 0.05) is 10.8 Å². The largest absolute Gasteiger partial charge is 0.0651 e. The summed E-state index contributed by atoms with van der Waals surface area (Å²) in [6.07, 6.45) is 8.30. The zero-order valence-electron chi connectivity index (χ0n) is 45.7. The normalized spacial score (nSPS) is 14.9. The second-order valence-electron chi connectivity index (χ2n) is 22.4. The summed E-state index contributed by atoms with van der Waals surface area (Å²) in [5, 5.41) is 2.65. The minimum atomic E-state index is 0.0709. The van der Waals surface area contributed by atoms with E-state index in [1.165, 1.54) is 135 Å². The summed E-state index contributed by atoms with van der Waals surface area (Å²) in [4.78, 5) is 0. The van der Waals surface area contributed by atoms with Gasteiger partial charge in [-0.1, -0.05) is 254 Å². The molecule has 0 fully saturated rings. The van der Waals surface area contributed by atoms with Crippen LogP contribution in [0.5, 0.6) is 0 Å². The predicted octanol–water partition coefficient (Wildman–Crippen LogP) is 20.8. The lowest BCUT2D eigenvalue weighted by Gasteiger charge is -2.26. The van der Waals surface area contributed by atoms with Crippen molar-refractivity contribution in [2.75, 3.05) is 0 Å². The molecule has 0 amide bonds. The highest BCUT2D eigenvalue weighted by Crippen LogP contribution is 2.53. The number of fused-ring (bicyclic) bond motifs is 6. The van der Waals surface area contributed by atoms with Gasteiger partial charge in [0.2, 0.25) is 0 Å². The van der Waals surface area contributed by atoms with Gasteiger partial charge in [-0.25, -0.2) is 0 Å². The van der Waals surface area contributed by atoms with Gasteiger partial charge in [0.05, 0.1) is 0 Å². The van der Waals surface area contributed by atoms with Gasteiger partial charge in [0.25, 0.3) is 0 Å².